The highest BCUT2D eigenvalue weighted by Crippen LogP contribution is 2.32. The number of aromatic amines is 1. The van der Waals surface area contributed by atoms with Crippen LogP contribution in [0.4, 0.5) is 0 Å². The number of para-hydroxylation sites is 1. The Bertz CT molecular complexity index is 1060. The molecule has 3 N–H and O–H groups in total. The van der Waals surface area contributed by atoms with Gasteiger partial charge in [0.1, 0.15) is 0 Å². The van der Waals surface area contributed by atoms with Gasteiger partial charge in [0.15, 0.2) is 0 Å². The van der Waals surface area contributed by atoms with Crippen LogP contribution >= 0.6 is 0 Å². The largest absolute Gasteiger partial charge is 0.353 e. The van der Waals surface area contributed by atoms with Crippen LogP contribution in [0.5, 0.6) is 0 Å². The first kappa shape index (κ1) is 20.6. The lowest BCUT2D eigenvalue weighted by Crippen LogP contribution is -2.36. The van der Waals surface area contributed by atoms with E-state index in [9.17, 15) is 0 Å². The van der Waals surface area contributed by atoms with Gasteiger partial charge in [-0.1, -0.05) is 48.5 Å². The molecule has 30 heavy (non-hydrogen) atoms. The molecule has 1 aliphatic heterocycles. The number of piperidine rings is 1. The Balaban J connectivity index is 1.74. The van der Waals surface area contributed by atoms with Gasteiger partial charge in [0.25, 0.3) is 0 Å². The van der Waals surface area contributed by atoms with Gasteiger partial charge in [-0.3, -0.25) is 4.99 Å². The molecule has 1 fully saturated rings. The molecule has 4 rings (SSSR count). The van der Waals surface area contributed by atoms with Crippen LogP contribution in [-0.4, -0.2) is 42.3 Å². The maximum Gasteiger partial charge on any atom is 0.0851 e. The van der Waals surface area contributed by atoms with Gasteiger partial charge >= 0.3 is 0 Å². The maximum atomic E-state index is 6.16. The molecule has 156 valence electrons. The summed E-state index contributed by atoms with van der Waals surface area (Å²) in [5, 5.41) is 1.20. The third kappa shape index (κ3) is 4.25. The molecule has 0 spiro atoms. The van der Waals surface area contributed by atoms with Crippen molar-refractivity contribution < 1.29 is 0 Å². The number of H-pyrrole nitrogens is 1. The quantitative estimate of drug-likeness (QED) is 0.569. The maximum absolute atomic E-state index is 6.16. The molecule has 0 radical (unpaired) electrons. The Morgan fingerprint density at radius 2 is 1.80 bits per heavy atom. The summed E-state index contributed by atoms with van der Waals surface area (Å²) < 4.78 is 0. The molecule has 0 atom stereocenters. The number of aromatic nitrogens is 1. The molecule has 0 saturated carbocycles. The minimum absolute atomic E-state index is 0.477. The summed E-state index contributed by atoms with van der Waals surface area (Å²) in [6.07, 6.45) is 2.26. The van der Waals surface area contributed by atoms with E-state index in [2.05, 4.69) is 85.4 Å². The summed E-state index contributed by atoms with van der Waals surface area (Å²) in [4.78, 5) is 11.2. The van der Waals surface area contributed by atoms with Crippen molar-refractivity contribution >= 4 is 22.3 Å². The summed E-state index contributed by atoms with van der Waals surface area (Å²) in [6, 6.07) is 19.2. The minimum Gasteiger partial charge on any atom is -0.353 e. The SMILES string of the molecule is CC(C)=C(N=C(CN)C1CCN(C)CC1)c1cc2cccc(-c3ccccc3)c2[nH]1. The fourth-order valence-corrected chi connectivity index (χ4v) is 4.37. The zero-order chi connectivity index (χ0) is 21.1. The molecule has 2 aromatic carbocycles. The Labute approximate surface area is 179 Å². The lowest BCUT2D eigenvalue weighted by molar-refractivity contribution is 0.251. The van der Waals surface area contributed by atoms with E-state index in [0.29, 0.717) is 12.5 Å². The van der Waals surface area contributed by atoms with Crippen LogP contribution in [0.1, 0.15) is 32.4 Å². The highest BCUT2D eigenvalue weighted by Gasteiger charge is 2.22. The van der Waals surface area contributed by atoms with Gasteiger partial charge in [-0.2, -0.15) is 0 Å². The number of rotatable bonds is 5. The second kappa shape index (κ2) is 8.99. The van der Waals surface area contributed by atoms with E-state index < -0.39 is 0 Å². The number of nitrogens with one attached hydrogen (secondary N) is 1. The average molecular weight is 401 g/mol. The van der Waals surface area contributed by atoms with Crippen molar-refractivity contribution in [2.45, 2.75) is 26.7 Å². The van der Waals surface area contributed by atoms with Crippen LogP contribution in [-0.2, 0) is 0 Å². The smallest absolute Gasteiger partial charge is 0.0851 e. The van der Waals surface area contributed by atoms with Crippen LogP contribution in [0.15, 0.2) is 65.2 Å². The average Bonchev–Trinajstić information content (AvgIpc) is 3.19. The summed E-state index contributed by atoms with van der Waals surface area (Å²) in [6.45, 7) is 7.00. The number of nitrogens with two attached hydrogens (primary N) is 1. The van der Waals surface area contributed by atoms with E-state index in [1.165, 1.54) is 22.1 Å². The third-order valence-corrected chi connectivity index (χ3v) is 6.12. The number of nitrogens with zero attached hydrogens (tertiary/aromatic N) is 2. The Hall–Kier alpha value is -2.69. The first-order chi connectivity index (χ1) is 14.6. The first-order valence-electron chi connectivity index (χ1n) is 10.9. The van der Waals surface area contributed by atoms with Gasteiger partial charge in [-0.25, -0.2) is 0 Å². The van der Waals surface area contributed by atoms with Crippen molar-refractivity contribution in [1.29, 1.82) is 0 Å². The summed E-state index contributed by atoms with van der Waals surface area (Å²) in [5.74, 6) is 0.477. The van der Waals surface area contributed by atoms with Crippen LogP contribution in [0, 0.1) is 5.92 Å². The number of hydrogen-bond donors (Lipinski definition) is 2. The van der Waals surface area contributed by atoms with Crippen LogP contribution < -0.4 is 5.73 Å². The molecule has 4 nitrogen and oxygen atoms in total. The Morgan fingerprint density at radius 1 is 1.07 bits per heavy atom. The van der Waals surface area contributed by atoms with E-state index in [-0.39, 0.29) is 0 Å². The normalized spacial score (nSPS) is 16.2. The van der Waals surface area contributed by atoms with Crippen molar-refractivity contribution in [2.75, 3.05) is 26.7 Å². The lowest BCUT2D eigenvalue weighted by Gasteiger charge is -2.29. The molecule has 0 amide bonds. The standard InChI is InChI=1S/C26H32N4/c1-18(2)25(29-24(17-27)20-12-14-30(3)15-13-20)23-16-21-10-7-11-22(26(21)28-23)19-8-5-4-6-9-19/h4-11,16,20,28H,12-15,17,27H2,1-3H3. The topological polar surface area (TPSA) is 57.4 Å². The van der Waals surface area contributed by atoms with Crippen LogP contribution in [0.2, 0.25) is 0 Å². The van der Waals surface area contributed by atoms with E-state index in [1.807, 2.05) is 0 Å². The number of aliphatic imine (C=N–C) groups is 1. The number of likely N-dealkylation sites (tertiary alicyclic amines) is 1. The van der Waals surface area contributed by atoms with Gasteiger partial charge in [-0.05, 0) is 64.0 Å². The Morgan fingerprint density at radius 3 is 2.47 bits per heavy atom. The van der Waals surface area contributed by atoms with E-state index in [4.69, 9.17) is 10.7 Å². The predicted octanol–water partition coefficient (Wildman–Crippen LogP) is 5.33. The summed E-state index contributed by atoms with van der Waals surface area (Å²) >= 11 is 0. The van der Waals surface area contributed by atoms with Gasteiger partial charge in [-0.15, -0.1) is 0 Å². The highest BCUT2D eigenvalue weighted by atomic mass is 15.1. The van der Waals surface area contributed by atoms with Gasteiger partial charge < -0.3 is 15.6 Å². The molecule has 1 aliphatic rings. The number of hydrogen-bond acceptors (Lipinski definition) is 3. The zero-order valence-electron chi connectivity index (χ0n) is 18.3. The van der Waals surface area contributed by atoms with E-state index in [0.717, 1.165) is 48.6 Å². The fraction of sp³-hybridized carbons (Fsp3) is 0.346. The molecule has 1 aromatic heterocycles. The fourth-order valence-electron chi connectivity index (χ4n) is 4.37. The summed E-state index contributed by atoms with van der Waals surface area (Å²) in [5.41, 5.74) is 14.1. The molecular formula is C26H32N4. The summed E-state index contributed by atoms with van der Waals surface area (Å²) in [7, 11) is 2.19. The van der Waals surface area contributed by atoms with Crippen molar-refractivity contribution in [2.24, 2.45) is 16.6 Å². The highest BCUT2D eigenvalue weighted by molar-refractivity contribution is 5.98. The molecule has 0 aliphatic carbocycles. The third-order valence-electron chi connectivity index (χ3n) is 6.12. The monoisotopic (exact) mass is 400 g/mol. The van der Waals surface area contributed by atoms with Crippen molar-refractivity contribution in [3.63, 3.8) is 0 Å². The molecule has 0 bridgehead atoms. The van der Waals surface area contributed by atoms with Crippen molar-refractivity contribution in [3.05, 3.63) is 65.9 Å². The van der Waals surface area contributed by atoms with E-state index in [1.54, 1.807) is 0 Å². The van der Waals surface area contributed by atoms with E-state index >= 15 is 0 Å². The van der Waals surface area contributed by atoms with Crippen molar-refractivity contribution in [1.82, 2.24) is 9.88 Å². The van der Waals surface area contributed by atoms with Crippen LogP contribution in [0.3, 0.4) is 0 Å². The number of allylic oxidation sites excluding steroid dienone is 1. The minimum atomic E-state index is 0.477. The van der Waals surface area contributed by atoms with Gasteiger partial charge in [0.2, 0.25) is 0 Å². The van der Waals surface area contributed by atoms with Crippen LogP contribution in [0.25, 0.3) is 27.7 Å². The second-order valence-corrected chi connectivity index (χ2v) is 8.55. The van der Waals surface area contributed by atoms with Crippen molar-refractivity contribution in [3.8, 4) is 11.1 Å². The molecule has 1 saturated heterocycles. The molecule has 4 heteroatoms. The predicted molar refractivity (Wildman–Crippen MR) is 129 cm³/mol. The molecule has 3 aromatic rings. The number of fused-ring (bicyclic) bond motifs is 1. The first-order valence-corrected chi connectivity index (χ1v) is 10.9. The Kier molecular flexibility index (Phi) is 6.16. The molecular weight excluding hydrogens is 368 g/mol. The zero-order valence-corrected chi connectivity index (χ0v) is 18.3. The molecule has 2 heterocycles. The lowest BCUT2D eigenvalue weighted by atomic mass is 9.92. The van der Waals surface area contributed by atoms with Gasteiger partial charge in [0, 0.05) is 29.1 Å². The van der Waals surface area contributed by atoms with Gasteiger partial charge in [0.05, 0.1) is 16.9 Å². The number of benzene rings is 2. The molecule has 0 unspecified atom stereocenters. The second-order valence-electron chi connectivity index (χ2n) is 8.55.